The molecular formula is C14H14N2O2. The van der Waals surface area contributed by atoms with Crippen LogP contribution in [0.3, 0.4) is 0 Å². The van der Waals surface area contributed by atoms with E-state index in [9.17, 15) is 9.90 Å². The fraction of sp³-hybridized carbons (Fsp3) is 0.214. The standard InChI is InChI=1S/C14H14N2O2/c15-10-6-14(18)16(8-10)13-3-1-2-9-4-5-11(17)7-12(9)13/h1-5,7,10,17H,6,8,15H2. The van der Waals surface area contributed by atoms with Gasteiger partial charge in [-0.25, -0.2) is 0 Å². The molecule has 0 bridgehead atoms. The number of amides is 1. The summed E-state index contributed by atoms with van der Waals surface area (Å²) in [4.78, 5) is 13.6. The van der Waals surface area contributed by atoms with Gasteiger partial charge in [0.2, 0.25) is 5.91 Å². The minimum Gasteiger partial charge on any atom is -0.508 e. The van der Waals surface area contributed by atoms with Gasteiger partial charge >= 0.3 is 0 Å². The van der Waals surface area contributed by atoms with Crippen LogP contribution in [-0.4, -0.2) is 23.6 Å². The summed E-state index contributed by atoms with van der Waals surface area (Å²) in [6.07, 6.45) is 0.384. The number of nitrogens with zero attached hydrogens (tertiary/aromatic N) is 1. The normalized spacial score (nSPS) is 19.7. The van der Waals surface area contributed by atoms with E-state index < -0.39 is 0 Å². The van der Waals surface area contributed by atoms with Gasteiger partial charge in [0.15, 0.2) is 0 Å². The molecule has 1 amide bonds. The zero-order valence-electron chi connectivity index (χ0n) is 9.84. The van der Waals surface area contributed by atoms with E-state index in [-0.39, 0.29) is 17.7 Å². The molecule has 3 N–H and O–H groups in total. The van der Waals surface area contributed by atoms with Crippen molar-refractivity contribution in [3.8, 4) is 5.75 Å². The second kappa shape index (κ2) is 3.99. The Balaban J connectivity index is 2.17. The third-order valence-electron chi connectivity index (χ3n) is 3.29. The number of carbonyl (C=O) groups is 1. The number of hydrogen-bond acceptors (Lipinski definition) is 3. The fourth-order valence-corrected chi connectivity index (χ4v) is 2.45. The molecule has 18 heavy (non-hydrogen) atoms. The smallest absolute Gasteiger partial charge is 0.228 e. The molecular weight excluding hydrogens is 228 g/mol. The number of phenols is 1. The first kappa shape index (κ1) is 11.0. The van der Waals surface area contributed by atoms with Gasteiger partial charge in [0.1, 0.15) is 5.75 Å². The van der Waals surface area contributed by atoms with Crippen LogP contribution in [0.4, 0.5) is 5.69 Å². The van der Waals surface area contributed by atoms with Gasteiger partial charge in [0.05, 0.1) is 5.69 Å². The Kier molecular flexibility index (Phi) is 2.45. The quantitative estimate of drug-likeness (QED) is 0.798. The van der Waals surface area contributed by atoms with E-state index >= 15 is 0 Å². The number of carbonyl (C=O) groups excluding carboxylic acids is 1. The van der Waals surface area contributed by atoms with E-state index in [2.05, 4.69) is 0 Å². The molecule has 2 aromatic carbocycles. The van der Waals surface area contributed by atoms with Crippen LogP contribution in [0.25, 0.3) is 10.8 Å². The number of fused-ring (bicyclic) bond motifs is 1. The molecule has 1 aliphatic rings. The van der Waals surface area contributed by atoms with Crippen molar-refractivity contribution in [1.82, 2.24) is 0 Å². The van der Waals surface area contributed by atoms with Gasteiger partial charge in [-0.2, -0.15) is 0 Å². The van der Waals surface area contributed by atoms with Crippen molar-refractivity contribution < 1.29 is 9.90 Å². The zero-order chi connectivity index (χ0) is 12.7. The topological polar surface area (TPSA) is 66.6 Å². The van der Waals surface area contributed by atoms with Crippen LogP contribution < -0.4 is 10.6 Å². The van der Waals surface area contributed by atoms with Crippen LogP contribution in [0, 0.1) is 0 Å². The number of hydrogen-bond donors (Lipinski definition) is 2. The predicted octanol–water partition coefficient (Wildman–Crippen LogP) is 1.61. The maximum absolute atomic E-state index is 11.9. The van der Waals surface area contributed by atoms with Gasteiger partial charge in [-0.1, -0.05) is 18.2 Å². The second-order valence-corrected chi connectivity index (χ2v) is 4.65. The molecule has 1 saturated heterocycles. The van der Waals surface area contributed by atoms with Crippen molar-refractivity contribution in [2.45, 2.75) is 12.5 Å². The van der Waals surface area contributed by atoms with E-state index in [1.54, 1.807) is 17.0 Å². The molecule has 1 atom stereocenters. The van der Waals surface area contributed by atoms with Crippen LogP contribution >= 0.6 is 0 Å². The Morgan fingerprint density at radius 1 is 1.28 bits per heavy atom. The lowest BCUT2D eigenvalue weighted by Gasteiger charge is -2.18. The number of aromatic hydroxyl groups is 1. The molecule has 0 aromatic heterocycles. The van der Waals surface area contributed by atoms with Gasteiger partial charge < -0.3 is 15.7 Å². The monoisotopic (exact) mass is 242 g/mol. The summed E-state index contributed by atoms with van der Waals surface area (Å²) < 4.78 is 0. The number of benzene rings is 2. The molecule has 0 aliphatic carbocycles. The van der Waals surface area contributed by atoms with Gasteiger partial charge in [0, 0.05) is 24.4 Å². The number of phenolic OH excluding ortho intramolecular Hbond substituents is 1. The highest BCUT2D eigenvalue weighted by Gasteiger charge is 2.28. The molecule has 1 aliphatic heterocycles. The molecule has 92 valence electrons. The van der Waals surface area contributed by atoms with Crippen molar-refractivity contribution in [2.75, 3.05) is 11.4 Å². The molecule has 1 heterocycles. The van der Waals surface area contributed by atoms with Crippen LogP contribution in [0.15, 0.2) is 36.4 Å². The lowest BCUT2D eigenvalue weighted by atomic mass is 10.1. The average Bonchev–Trinajstić information content (AvgIpc) is 2.67. The molecule has 1 unspecified atom stereocenters. The van der Waals surface area contributed by atoms with E-state index in [0.717, 1.165) is 16.5 Å². The third-order valence-corrected chi connectivity index (χ3v) is 3.29. The fourth-order valence-electron chi connectivity index (χ4n) is 2.45. The van der Waals surface area contributed by atoms with Crippen molar-refractivity contribution >= 4 is 22.4 Å². The first-order valence-electron chi connectivity index (χ1n) is 5.93. The number of rotatable bonds is 1. The molecule has 4 heteroatoms. The Labute approximate surface area is 105 Å². The Bertz CT molecular complexity index is 624. The van der Waals surface area contributed by atoms with Crippen LogP contribution in [0.5, 0.6) is 5.75 Å². The minimum atomic E-state index is -0.106. The summed E-state index contributed by atoms with van der Waals surface area (Å²) in [7, 11) is 0. The summed E-state index contributed by atoms with van der Waals surface area (Å²) in [5.41, 5.74) is 6.64. The second-order valence-electron chi connectivity index (χ2n) is 4.65. The maximum atomic E-state index is 11.9. The number of anilines is 1. The Morgan fingerprint density at radius 3 is 2.83 bits per heavy atom. The van der Waals surface area contributed by atoms with Gasteiger partial charge in [-0.3, -0.25) is 4.79 Å². The molecule has 3 rings (SSSR count). The van der Waals surface area contributed by atoms with E-state index in [1.165, 1.54) is 0 Å². The zero-order valence-corrected chi connectivity index (χ0v) is 9.84. The largest absolute Gasteiger partial charge is 0.508 e. The predicted molar refractivity (Wildman–Crippen MR) is 70.6 cm³/mol. The highest BCUT2D eigenvalue weighted by Crippen LogP contribution is 2.31. The summed E-state index contributed by atoms with van der Waals surface area (Å²) in [6, 6.07) is 10.8. The maximum Gasteiger partial charge on any atom is 0.228 e. The van der Waals surface area contributed by atoms with Crippen molar-refractivity contribution in [3.05, 3.63) is 36.4 Å². The summed E-state index contributed by atoms with van der Waals surface area (Å²) in [6.45, 7) is 0.535. The lowest BCUT2D eigenvalue weighted by molar-refractivity contribution is -0.117. The van der Waals surface area contributed by atoms with Crippen LogP contribution in [0.1, 0.15) is 6.42 Å². The Morgan fingerprint density at radius 2 is 2.11 bits per heavy atom. The molecule has 2 aromatic rings. The molecule has 4 nitrogen and oxygen atoms in total. The first-order valence-corrected chi connectivity index (χ1v) is 5.93. The SMILES string of the molecule is NC1CC(=O)N(c2cccc3ccc(O)cc23)C1. The average molecular weight is 242 g/mol. The summed E-state index contributed by atoms with van der Waals surface area (Å²) in [5.74, 6) is 0.240. The number of nitrogens with two attached hydrogens (primary N) is 1. The summed E-state index contributed by atoms with van der Waals surface area (Å²) >= 11 is 0. The van der Waals surface area contributed by atoms with Crippen molar-refractivity contribution in [3.63, 3.8) is 0 Å². The van der Waals surface area contributed by atoms with Gasteiger partial charge in [-0.05, 0) is 23.6 Å². The van der Waals surface area contributed by atoms with E-state index in [0.29, 0.717) is 13.0 Å². The first-order chi connectivity index (χ1) is 8.65. The minimum absolute atomic E-state index is 0.0401. The lowest BCUT2D eigenvalue weighted by Crippen LogP contribution is -2.28. The molecule has 1 fully saturated rings. The van der Waals surface area contributed by atoms with Crippen LogP contribution in [0.2, 0.25) is 0 Å². The summed E-state index contributed by atoms with van der Waals surface area (Å²) in [5, 5.41) is 11.5. The Hall–Kier alpha value is -2.07. The van der Waals surface area contributed by atoms with Crippen molar-refractivity contribution in [1.29, 1.82) is 0 Å². The van der Waals surface area contributed by atoms with Gasteiger partial charge in [0.25, 0.3) is 0 Å². The third kappa shape index (κ3) is 1.71. The van der Waals surface area contributed by atoms with Gasteiger partial charge in [-0.15, -0.1) is 0 Å². The highest BCUT2D eigenvalue weighted by atomic mass is 16.3. The van der Waals surface area contributed by atoms with E-state index in [4.69, 9.17) is 5.73 Å². The van der Waals surface area contributed by atoms with E-state index in [1.807, 2.05) is 24.3 Å². The van der Waals surface area contributed by atoms with Crippen molar-refractivity contribution in [2.24, 2.45) is 5.73 Å². The molecule has 0 spiro atoms. The highest BCUT2D eigenvalue weighted by molar-refractivity contribution is 6.05. The molecule has 0 radical (unpaired) electrons. The van der Waals surface area contributed by atoms with Crippen LogP contribution in [-0.2, 0) is 4.79 Å². The molecule has 0 saturated carbocycles.